The van der Waals surface area contributed by atoms with Crippen LogP contribution in [0.25, 0.3) is 0 Å². The van der Waals surface area contributed by atoms with Gasteiger partial charge in [-0.25, -0.2) is 0 Å². The van der Waals surface area contributed by atoms with Crippen LogP contribution in [-0.2, 0) is 4.79 Å². The summed E-state index contributed by atoms with van der Waals surface area (Å²) in [5, 5.41) is 3.12. The van der Waals surface area contributed by atoms with Crippen LogP contribution < -0.4 is 11.1 Å². The first kappa shape index (κ1) is 22.0. The molecule has 0 heterocycles. The van der Waals surface area contributed by atoms with E-state index in [4.69, 9.17) is 5.73 Å². The Morgan fingerprint density at radius 1 is 1.27 bits per heavy atom. The highest BCUT2D eigenvalue weighted by Crippen LogP contribution is 2.38. The van der Waals surface area contributed by atoms with Gasteiger partial charge in [-0.05, 0) is 51.6 Å². The largest absolute Gasteiger partial charge is 0.355 e. The fraction of sp³-hybridized carbons (Fsp3) is 0.938. The van der Waals surface area contributed by atoms with Crippen molar-refractivity contribution in [2.45, 2.75) is 70.4 Å². The first-order chi connectivity index (χ1) is 9.56. The number of halogens is 2. The van der Waals surface area contributed by atoms with E-state index in [1.54, 1.807) is 0 Å². The average molecular weight is 354 g/mol. The topological polar surface area (TPSA) is 58.4 Å². The number of likely N-dealkylation sites (N-methyl/N-ethyl adjacent to an activating group) is 1. The van der Waals surface area contributed by atoms with E-state index >= 15 is 0 Å². The Bertz CT molecular complexity index is 331. The fourth-order valence-corrected chi connectivity index (χ4v) is 3.41. The molecular formula is C16H33Cl2N3O. The number of rotatable bonds is 7. The predicted octanol–water partition coefficient (Wildman–Crippen LogP) is 2.73. The van der Waals surface area contributed by atoms with Gasteiger partial charge in [0.2, 0.25) is 5.91 Å². The Balaban J connectivity index is 0.00000220. The lowest BCUT2D eigenvalue weighted by Crippen LogP contribution is -2.44. The van der Waals surface area contributed by atoms with Crippen molar-refractivity contribution in [1.82, 2.24) is 10.2 Å². The number of carbonyl (C=O) groups excluding carboxylic acids is 1. The zero-order chi connectivity index (χ0) is 14.6. The van der Waals surface area contributed by atoms with E-state index < -0.39 is 0 Å². The van der Waals surface area contributed by atoms with Crippen LogP contribution in [-0.4, -0.2) is 43.0 Å². The molecule has 0 spiro atoms. The van der Waals surface area contributed by atoms with Crippen LogP contribution in [0, 0.1) is 5.41 Å². The van der Waals surface area contributed by atoms with Gasteiger partial charge in [0.25, 0.3) is 0 Å². The first-order valence-electron chi connectivity index (χ1n) is 8.25. The summed E-state index contributed by atoms with van der Waals surface area (Å²) in [5.74, 6) is 0.188. The summed E-state index contributed by atoms with van der Waals surface area (Å²) in [6.45, 7) is 3.60. The molecule has 0 saturated heterocycles. The maximum Gasteiger partial charge on any atom is 0.220 e. The van der Waals surface area contributed by atoms with Crippen molar-refractivity contribution in [2.75, 3.05) is 20.1 Å². The van der Waals surface area contributed by atoms with Gasteiger partial charge in [0, 0.05) is 25.0 Å². The third-order valence-corrected chi connectivity index (χ3v) is 5.30. The third kappa shape index (κ3) is 6.23. The Hall–Kier alpha value is -0.0300. The van der Waals surface area contributed by atoms with Crippen molar-refractivity contribution in [3.63, 3.8) is 0 Å². The van der Waals surface area contributed by atoms with Crippen molar-refractivity contribution in [1.29, 1.82) is 0 Å². The summed E-state index contributed by atoms with van der Waals surface area (Å²) >= 11 is 0. The molecule has 0 radical (unpaired) electrons. The van der Waals surface area contributed by atoms with E-state index in [0.717, 1.165) is 25.4 Å². The zero-order valence-corrected chi connectivity index (χ0v) is 15.6. The zero-order valence-electron chi connectivity index (χ0n) is 14.0. The second-order valence-corrected chi connectivity index (χ2v) is 6.99. The molecule has 1 amide bonds. The molecule has 3 N–H and O–H groups in total. The number of amides is 1. The van der Waals surface area contributed by atoms with Crippen molar-refractivity contribution in [3.8, 4) is 0 Å². The van der Waals surface area contributed by atoms with Crippen molar-refractivity contribution in [3.05, 3.63) is 0 Å². The number of nitrogens with two attached hydrogens (primary N) is 1. The normalized spacial score (nSPS) is 21.5. The number of carbonyl (C=O) groups is 1. The van der Waals surface area contributed by atoms with Crippen molar-refractivity contribution < 1.29 is 4.79 Å². The lowest BCUT2D eigenvalue weighted by atomic mass is 9.71. The SMILES string of the molecule is CC(CNC(=O)CC1(CN)CCCCC1)N(C)C1CC1.Cl.Cl. The summed E-state index contributed by atoms with van der Waals surface area (Å²) in [6.07, 6.45) is 9.23. The number of hydrogen-bond acceptors (Lipinski definition) is 3. The van der Waals surface area contributed by atoms with Gasteiger partial charge in [-0.2, -0.15) is 0 Å². The molecule has 0 aromatic rings. The molecule has 132 valence electrons. The molecule has 4 nitrogen and oxygen atoms in total. The standard InChI is InChI=1S/C16H31N3O.2ClH/c1-13(19(2)14-6-7-14)11-18-15(20)10-16(12-17)8-4-3-5-9-16;;/h13-14H,3-12,17H2,1-2H3,(H,18,20);2*1H. The molecule has 2 fully saturated rings. The Kier molecular flexibility index (Phi) is 9.95. The van der Waals surface area contributed by atoms with Gasteiger partial charge in [0.1, 0.15) is 0 Å². The van der Waals surface area contributed by atoms with Gasteiger partial charge >= 0.3 is 0 Å². The molecule has 1 unspecified atom stereocenters. The Morgan fingerprint density at radius 2 is 1.86 bits per heavy atom. The number of nitrogens with zero attached hydrogens (tertiary/aromatic N) is 1. The molecule has 6 heteroatoms. The highest BCUT2D eigenvalue weighted by Gasteiger charge is 2.33. The molecule has 2 aliphatic carbocycles. The highest BCUT2D eigenvalue weighted by atomic mass is 35.5. The fourth-order valence-electron chi connectivity index (χ4n) is 3.41. The Labute approximate surface area is 147 Å². The highest BCUT2D eigenvalue weighted by molar-refractivity contribution is 5.85. The molecule has 2 aliphatic rings. The first-order valence-corrected chi connectivity index (χ1v) is 8.25. The smallest absolute Gasteiger partial charge is 0.220 e. The van der Waals surface area contributed by atoms with Gasteiger partial charge in [0.05, 0.1) is 0 Å². The third-order valence-electron chi connectivity index (χ3n) is 5.30. The minimum absolute atomic E-state index is 0. The lowest BCUT2D eigenvalue weighted by molar-refractivity contribution is -0.124. The summed E-state index contributed by atoms with van der Waals surface area (Å²) in [7, 11) is 2.16. The predicted molar refractivity (Wildman–Crippen MR) is 96.9 cm³/mol. The van der Waals surface area contributed by atoms with Gasteiger partial charge in [-0.15, -0.1) is 24.8 Å². The van der Waals surface area contributed by atoms with Crippen LogP contribution in [0.1, 0.15) is 58.3 Å². The van der Waals surface area contributed by atoms with Crippen LogP contribution in [0.3, 0.4) is 0 Å². The van der Waals surface area contributed by atoms with Gasteiger partial charge in [-0.3, -0.25) is 9.69 Å². The quantitative estimate of drug-likeness (QED) is 0.739. The molecule has 0 aromatic carbocycles. The van der Waals surface area contributed by atoms with E-state index in [0.29, 0.717) is 19.0 Å². The van der Waals surface area contributed by atoms with E-state index in [1.807, 2.05) is 0 Å². The van der Waals surface area contributed by atoms with Gasteiger partial charge < -0.3 is 11.1 Å². The number of nitrogens with one attached hydrogen (secondary N) is 1. The second-order valence-electron chi connectivity index (χ2n) is 6.99. The number of hydrogen-bond donors (Lipinski definition) is 2. The maximum atomic E-state index is 12.2. The molecule has 0 bridgehead atoms. The minimum atomic E-state index is 0. The maximum absolute atomic E-state index is 12.2. The molecule has 2 saturated carbocycles. The molecule has 0 aromatic heterocycles. The van der Waals surface area contributed by atoms with Crippen LogP contribution in [0.15, 0.2) is 0 Å². The second kappa shape index (κ2) is 9.96. The van der Waals surface area contributed by atoms with E-state index in [1.165, 1.54) is 32.1 Å². The van der Waals surface area contributed by atoms with Crippen LogP contribution >= 0.6 is 24.8 Å². The Morgan fingerprint density at radius 3 is 2.36 bits per heavy atom. The van der Waals surface area contributed by atoms with Gasteiger partial charge in [0.15, 0.2) is 0 Å². The van der Waals surface area contributed by atoms with Crippen LogP contribution in [0.5, 0.6) is 0 Å². The van der Waals surface area contributed by atoms with Crippen LogP contribution in [0.2, 0.25) is 0 Å². The molecule has 0 aliphatic heterocycles. The minimum Gasteiger partial charge on any atom is -0.355 e. The van der Waals surface area contributed by atoms with Crippen molar-refractivity contribution >= 4 is 30.7 Å². The molecular weight excluding hydrogens is 321 g/mol. The monoisotopic (exact) mass is 353 g/mol. The summed E-state index contributed by atoms with van der Waals surface area (Å²) in [5.41, 5.74) is 6.03. The lowest BCUT2D eigenvalue weighted by Gasteiger charge is -2.36. The summed E-state index contributed by atoms with van der Waals surface area (Å²) < 4.78 is 0. The molecule has 22 heavy (non-hydrogen) atoms. The summed E-state index contributed by atoms with van der Waals surface area (Å²) in [4.78, 5) is 14.6. The van der Waals surface area contributed by atoms with E-state index in [9.17, 15) is 4.79 Å². The molecule has 2 rings (SSSR count). The van der Waals surface area contributed by atoms with Crippen LogP contribution in [0.4, 0.5) is 0 Å². The van der Waals surface area contributed by atoms with E-state index in [-0.39, 0.29) is 36.1 Å². The van der Waals surface area contributed by atoms with E-state index in [2.05, 4.69) is 24.2 Å². The van der Waals surface area contributed by atoms with Gasteiger partial charge in [-0.1, -0.05) is 19.3 Å². The average Bonchev–Trinajstić information content (AvgIpc) is 3.29. The molecule has 1 atom stereocenters. The summed E-state index contributed by atoms with van der Waals surface area (Å²) in [6, 6.07) is 1.17. The van der Waals surface area contributed by atoms with Crippen molar-refractivity contribution in [2.24, 2.45) is 11.1 Å².